The highest BCUT2D eigenvalue weighted by Crippen LogP contribution is 2.31. The van der Waals surface area contributed by atoms with Gasteiger partial charge in [0.05, 0.1) is 12.2 Å². The van der Waals surface area contributed by atoms with Crippen molar-refractivity contribution in [1.82, 2.24) is 9.97 Å². The molecular weight excluding hydrogens is 304 g/mol. The van der Waals surface area contributed by atoms with Gasteiger partial charge in [-0.2, -0.15) is 0 Å². The fourth-order valence-corrected chi connectivity index (χ4v) is 3.47. The van der Waals surface area contributed by atoms with E-state index in [-0.39, 0.29) is 6.09 Å². The summed E-state index contributed by atoms with van der Waals surface area (Å²) in [5, 5.41) is 0. The minimum atomic E-state index is -0.247. The van der Waals surface area contributed by atoms with E-state index in [4.69, 9.17) is 4.74 Å². The van der Waals surface area contributed by atoms with Crippen molar-refractivity contribution in [3.8, 4) is 0 Å². The first-order valence-electron chi connectivity index (χ1n) is 8.24. The van der Waals surface area contributed by atoms with Crippen LogP contribution in [0.25, 0.3) is 0 Å². The van der Waals surface area contributed by atoms with Crippen LogP contribution >= 0.6 is 0 Å². The number of cyclic esters (lactones) is 1. The molecule has 2 aliphatic rings. The first-order chi connectivity index (χ1) is 11.6. The molecule has 0 spiro atoms. The third-order valence-electron chi connectivity index (χ3n) is 4.55. The minimum Gasteiger partial charge on any atom is -0.447 e. The Hall–Kier alpha value is -2.63. The van der Waals surface area contributed by atoms with Crippen LogP contribution in [0.5, 0.6) is 0 Å². The van der Waals surface area contributed by atoms with Crippen molar-refractivity contribution >= 4 is 17.7 Å². The summed E-state index contributed by atoms with van der Waals surface area (Å²) in [6.07, 6.45) is 0.620. The number of benzene rings is 1. The summed E-state index contributed by atoms with van der Waals surface area (Å²) < 4.78 is 5.08. The molecule has 6 heteroatoms. The average Bonchev–Trinajstić information content (AvgIpc) is 2.99. The van der Waals surface area contributed by atoms with Gasteiger partial charge in [-0.3, -0.25) is 4.90 Å². The van der Waals surface area contributed by atoms with Crippen LogP contribution < -0.4 is 9.80 Å². The zero-order chi connectivity index (χ0) is 16.7. The maximum Gasteiger partial charge on any atom is 0.414 e. The quantitative estimate of drug-likeness (QED) is 0.850. The van der Waals surface area contributed by atoms with E-state index in [1.807, 2.05) is 32.0 Å². The average molecular weight is 324 g/mol. The van der Waals surface area contributed by atoms with Gasteiger partial charge in [0.15, 0.2) is 0 Å². The summed E-state index contributed by atoms with van der Waals surface area (Å²) >= 11 is 0. The number of hydrogen-bond donors (Lipinski definition) is 0. The van der Waals surface area contributed by atoms with Crippen LogP contribution in [0.3, 0.4) is 0 Å². The Morgan fingerprint density at radius 1 is 1.12 bits per heavy atom. The topological polar surface area (TPSA) is 58.6 Å². The van der Waals surface area contributed by atoms with Crippen LogP contribution in [0, 0.1) is 13.8 Å². The van der Waals surface area contributed by atoms with Crippen molar-refractivity contribution in [2.24, 2.45) is 0 Å². The molecule has 4 rings (SSSR count). The number of fused-ring (bicyclic) bond motifs is 1. The zero-order valence-corrected chi connectivity index (χ0v) is 14.0. The van der Waals surface area contributed by atoms with E-state index in [0.29, 0.717) is 13.2 Å². The van der Waals surface area contributed by atoms with E-state index in [0.717, 1.165) is 42.5 Å². The fraction of sp³-hybridized carbons (Fsp3) is 0.389. The van der Waals surface area contributed by atoms with Crippen LogP contribution in [0.1, 0.15) is 22.5 Å². The lowest BCUT2D eigenvalue weighted by molar-refractivity contribution is 0.181. The molecule has 1 saturated heterocycles. The standard InChI is InChI=1S/C18H20N4O2/c1-12-10-13(2)20-17(19-12)21-7-6-15-14(11-21)4-3-5-16(15)22-8-9-24-18(22)23/h3-5,10H,6-9,11H2,1-2H3. The summed E-state index contributed by atoms with van der Waals surface area (Å²) in [5.41, 5.74) is 5.41. The molecule has 0 bridgehead atoms. The Morgan fingerprint density at radius 3 is 2.62 bits per heavy atom. The molecule has 1 amide bonds. The SMILES string of the molecule is Cc1cc(C)nc(N2CCc3c(cccc3N3CCOC3=O)C2)n1. The lowest BCUT2D eigenvalue weighted by Gasteiger charge is -2.31. The minimum absolute atomic E-state index is 0.247. The van der Waals surface area contributed by atoms with Gasteiger partial charge in [0.25, 0.3) is 0 Å². The predicted molar refractivity (Wildman–Crippen MR) is 91.4 cm³/mol. The van der Waals surface area contributed by atoms with Crippen LogP contribution in [-0.4, -0.2) is 35.8 Å². The number of aryl methyl sites for hydroxylation is 2. The largest absolute Gasteiger partial charge is 0.447 e. The van der Waals surface area contributed by atoms with Gasteiger partial charge in [-0.15, -0.1) is 0 Å². The number of carbonyl (C=O) groups is 1. The first kappa shape index (κ1) is 14.9. The van der Waals surface area contributed by atoms with Crippen LogP contribution in [0.2, 0.25) is 0 Å². The van der Waals surface area contributed by atoms with Gasteiger partial charge in [0, 0.05) is 24.5 Å². The predicted octanol–water partition coefficient (Wildman–Crippen LogP) is 2.61. The highest BCUT2D eigenvalue weighted by atomic mass is 16.6. The summed E-state index contributed by atoms with van der Waals surface area (Å²) in [6, 6.07) is 8.12. The Labute approximate surface area is 141 Å². The molecule has 1 aromatic heterocycles. The van der Waals surface area contributed by atoms with E-state index < -0.39 is 0 Å². The molecule has 24 heavy (non-hydrogen) atoms. The number of rotatable bonds is 2. The number of ether oxygens (including phenoxy) is 1. The van der Waals surface area contributed by atoms with E-state index in [9.17, 15) is 4.79 Å². The summed E-state index contributed by atoms with van der Waals surface area (Å²) in [7, 11) is 0. The van der Waals surface area contributed by atoms with Gasteiger partial charge in [0.1, 0.15) is 6.61 Å². The number of amides is 1. The molecule has 124 valence electrons. The monoisotopic (exact) mass is 324 g/mol. The third kappa shape index (κ3) is 2.58. The normalized spacial score (nSPS) is 17.0. The summed E-state index contributed by atoms with van der Waals surface area (Å²) in [5.74, 6) is 0.782. The number of carbonyl (C=O) groups excluding carboxylic acids is 1. The molecule has 2 aliphatic heterocycles. The van der Waals surface area contributed by atoms with Crippen molar-refractivity contribution in [3.05, 3.63) is 46.8 Å². The fourth-order valence-electron chi connectivity index (χ4n) is 3.47. The van der Waals surface area contributed by atoms with Crippen molar-refractivity contribution < 1.29 is 9.53 Å². The lowest BCUT2D eigenvalue weighted by atomic mass is 9.97. The number of nitrogens with zero attached hydrogens (tertiary/aromatic N) is 4. The third-order valence-corrected chi connectivity index (χ3v) is 4.55. The van der Waals surface area contributed by atoms with Gasteiger partial charge in [0.2, 0.25) is 5.95 Å². The molecule has 0 saturated carbocycles. The van der Waals surface area contributed by atoms with Crippen LogP contribution in [-0.2, 0) is 17.7 Å². The molecule has 3 heterocycles. The molecule has 6 nitrogen and oxygen atoms in total. The second kappa shape index (κ2) is 5.78. The van der Waals surface area contributed by atoms with E-state index in [1.54, 1.807) is 4.90 Å². The van der Waals surface area contributed by atoms with E-state index in [2.05, 4.69) is 20.9 Å². The first-order valence-corrected chi connectivity index (χ1v) is 8.24. The van der Waals surface area contributed by atoms with E-state index >= 15 is 0 Å². The van der Waals surface area contributed by atoms with Gasteiger partial charge < -0.3 is 9.64 Å². The Balaban J connectivity index is 1.65. The molecule has 0 aliphatic carbocycles. The second-order valence-electron chi connectivity index (χ2n) is 6.30. The molecule has 1 aromatic carbocycles. The highest BCUT2D eigenvalue weighted by Gasteiger charge is 2.28. The maximum absolute atomic E-state index is 11.9. The van der Waals surface area contributed by atoms with Gasteiger partial charge in [-0.1, -0.05) is 12.1 Å². The Bertz CT molecular complexity index is 785. The Kier molecular flexibility index (Phi) is 3.59. The number of hydrogen-bond acceptors (Lipinski definition) is 5. The summed E-state index contributed by atoms with van der Waals surface area (Å²) in [4.78, 5) is 25.0. The number of anilines is 2. The molecule has 0 N–H and O–H groups in total. The van der Waals surface area contributed by atoms with Crippen molar-refractivity contribution in [1.29, 1.82) is 0 Å². The molecule has 1 fully saturated rings. The lowest BCUT2D eigenvalue weighted by Crippen LogP contribution is -2.34. The van der Waals surface area contributed by atoms with Gasteiger partial charge in [-0.25, -0.2) is 14.8 Å². The molecular formula is C18H20N4O2. The molecule has 0 atom stereocenters. The van der Waals surface area contributed by atoms with Gasteiger partial charge >= 0.3 is 6.09 Å². The van der Waals surface area contributed by atoms with Crippen LogP contribution in [0.15, 0.2) is 24.3 Å². The van der Waals surface area contributed by atoms with Crippen LogP contribution in [0.4, 0.5) is 16.4 Å². The molecule has 0 radical (unpaired) electrons. The van der Waals surface area contributed by atoms with E-state index in [1.165, 1.54) is 11.1 Å². The second-order valence-corrected chi connectivity index (χ2v) is 6.30. The Morgan fingerprint density at radius 2 is 1.92 bits per heavy atom. The molecule has 0 unspecified atom stereocenters. The van der Waals surface area contributed by atoms with Crippen molar-refractivity contribution in [2.45, 2.75) is 26.8 Å². The van der Waals surface area contributed by atoms with Gasteiger partial charge in [-0.05, 0) is 43.5 Å². The van der Waals surface area contributed by atoms with Crippen molar-refractivity contribution in [2.75, 3.05) is 29.5 Å². The highest BCUT2D eigenvalue weighted by molar-refractivity contribution is 5.90. The maximum atomic E-state index is 11.9. The van der Waals surface area contributed by atoms with Crippen molar-refractivity contribution in [3.63, 3.8) is 0 Å². The zero-order valence-electron chi connectivity index (χ0n) is 14.0. The molecule has 2 aromatic rings. The summed E-state index contributed by atoms with van der Waals surface area (Å²) in [6.45, 7) is 6.68. The number of aromatic nitrogens is 2. The smallest absolute Gasteiger partial charge is 0.414 e.